The number of hydrogen-bond acceptors (Lipinski definition) is 7. The van der Waals surface area contributed by atoms with Crippen molar-refractivity contribution >= 4 is 43.2 Å². The maximum Gasteiger partial charge on any atom is 0.286 e. The van der Waals surface area contributed by atoms with Crippen molar-refractivity contribution in [2.45, 2.75) is 77.2 Å². The van der Waals surface area contributed by atoms with E-state index in [1.165, 1.54) is 25.0 Å². The molecule has 10 nitrogen and oxygen atoms in total. The van der Waals surface area contributed by atoms with Crippen LogP contribution in [0.4, 0.5) is 11.4 Å². The SMILES string of the molecule is CCCC(C)(C)C.CS(=O)(=O)Nc1ccc2c(c1)S(=O)(=O)N=C(C1=C(O)C3CCCCC3NC1=O)N2. The van der Waals surface area contributed by atoms with Gasteiger partial charge < -0.3 is 15.7 Å². The van der Waals surface area contributed by atoms with E-state index in [0.717, 1.165) is 31.6 Å². The molecule has 4 N–H and O–H groups in total. The van der Waals surface area contributed by atoms with E-state index in [1.54, 1.807) is 0 Å². The molecular weight excluding hydrogens is 504 g/mol. The molecule has 0 radical (unpaired) electrons. The van der Waals surface area contributed by atoms with Crippen molar-refractivity contribution < 1.29 is 26.7 Å². The zero-order valence-electron chi connectivity index (χ0n) is 21.4. The molecule has 2 unspecified atom stereocenters. The zero-order chi connectivity index (χ0) is 26.9. The number of carbonyl (C=O) groups is 1. The summed E-state index contributed by atoms with van der Waals surface area (Å²) in [7, 11) is -7.82. The van der Waals surface area contributed by atoms with Gasteiger partial charge in [0.1, 0.15) is 16.2 Å². The topological polar surface area (TPSA) is 154 Å². The van der Waals surface area contributed by atoms with Crippen molar-refractivity contribution in [3.05, 3.63) is 29.5 Å². The van der Waals surface area contributed by atoms with Crippen LogP contribution in [0.25, 0.3) is 0 Å². The quantitative estimate of drug-likeness (QED) is 0.451. The number of anilines is 2. The summed E-state index contributed by atoms with van der Waals surface area (Å²) in [6, 6.07) is 3.73. The van der Waals surface area contributed by atoms with Gasteiger partial charge in [0.15, 0.2) is 5.84 Å². The van der Waals surface area contributed by atoms with Crippen LogP contribution in [-0.4, -0.2) is 46.0 Å². The lowest BCUT2D eigenvalue weighted by Crippen LogP contribution is -2.50. The fourth-order valence-electron chi connectivity index (χ4n) is 4.70. The van der Waals surface area contributed by atoms with E-state index in [0.29, 0.717) is 11.8 Å². The minimum absolute atomic E-state index is 0.0674. The number of nitrogens with zero attached hydrogens (tertiary/aromatic N) is 1. The van der Waals surface area contributed by atoms with E-state index in [1.807, 2.05) is 0 Å². The summed E-state index contributed by atoms with van der Waals surface area (Å²) in [5.74, 6) is -1.25. The van der Waals surface area contributed by atoms with E-state index in [2.05, 4.69) is 47.4 Å². The molecule has 2 aliphatic heterocycles. The molecule has 2 atom stereocenters. The van der Waals surface area contributed by atoms with Gasteiger partial charge in [0.2, 0.25) is 10.0 Å². The molecule has 3 aliphatic rings. The van der Waals surface area contributed by atoms with Crippen LogP contribution in [0.5, 0.6) is 0 Å². The maximum atomic E-state index is 12.7. The second-order valence-electron chi connectivity index (χ2n) is 10.7. The van der Waals surface area contributed by atoms with Crippen LogP contribution in [-0.2, 0) is 24.8 Å². The Balaban J connectivity index is 0.000000454. The Morgan fingerprint density at radius 1 is 1.19 bits per heavy atom. The largest absolute Gasteiger partial charge is 0.511 e. The predicted octanol–water partition coefficient (Wildman–Crippen LogP) is 3.90. The molecule has 200 valence electrons. The Morgan fingerprint density at radius 3 is 2.44 bits per heavy atom. The number of amidine groups is 1. The number of sulfonamides is 2. The summed E-state index contributed by atoms with van der Waals surface area (Å²) in [5, 5.41) is 16.3. The van der Waals surface area contributed by atoms with Crippen molar-refractivity contribution in [2.75, 3.05) is 16.3 Å². The third kappa shape index (κ3) is 6.78. The van der Waals surface area contributed by atoms with Crippen molar-refractivity contribution in [3.63, 3.8) is 0 Å². The summed E-state index contributed by atoms with van der Waals surface area (Å²) in [4.78, 5) is 12.3. The van der Waals surface area contributed by atoms with Crippen LogP contribution in [0.3, 0.4) is 0 Å². The molecule has 12 heteroatoms. The van der Waals surface area contributed by atoms with Crippen LogP contribution in [0.2, 0.25) is 0 Å². The summed E-state index contributed by atoms with van der Waals surface area (Å²) in [6.07, 6.45) is 6.91. The Hall–Kier alpha value is -2.60. The number of fused-ring (bicyclic) bond motifs is 2. The highest BCUT2D eigenvalue weighted by atomic mass is 32.2. The molecule has 0 aromatic heterocycles. The van der Waals surface area contributed by atoms with E-state index in [9.17, 15) is 26.7 Å². The van der Waals surface area contributed by atoms with Crippen LogP contribution < -0.4 is 15.4 Å². The van der Waals surface area contributed by atoms with Gasteiger partial charge in [-0.3, -0.25) is 9.52 Å². The maximum absolute atomic E-state index is 12.7. The standard InChI is InChI=1S/C17H20N4O6S2.C7H16/c1-28(24,25)20-9-6-7-12-13(8-9)29(26,27)21-16(18-12)14-15(22)10-4-2-3-5-11(10)19-17(14)23;1-5-6-7(2,3)4/h6-8,10-11,20,22H,2-5H2,1H3,(H,18,21)(H,19,23);5-6H2,1-4H3. The molecule has 36 heavy (non-hydrogen) atoms. The Kier molecular flexibility index (Phi) is 8.09. The van der Waals surface area contributed by atoms with Crippen molar-refractivity contribution in [2.24, 2.45) is 15.7 Å². The van der Waals surface area contributed by atoms with Gasteiger partial charge in [-0.05, 0) is 42.9 Å². The fourth-order valence-corrected chi connectivity index (χ4v) is 6.40. The highest BCUT2D eigenvalue weighted by molar-refractivity contribution is 7.92. The van der Waals surface area contributed by atoms with Crippen LogP contribution in [0, 0.1) is 11.3 Å². The number of amides is 1. The van der Waals surface area contributed by atoms with Gasteiger partial charge in [-0.25, -0.2) is 8.42 Å². The summed E-state index contributed by atoms with van der Waals surface area (Å²) in [6.45, 7) is 9.05. The Bertz CT molecular complexity index is 1290. The molecule has 1 aliphatic carbocycles. The molecule has 1 saturated carbocycles. The van der Waals surface area contributed by atoms with E-state index < -0.39 is 26.0 Å². The minimum Gasteiger partial charge on any atom is -0.511 e. The summed E-state index contributed by atoms with van der Waals surface area (Å²) >= 11 is 0. The van der Waals surface area contributed by atoms with E-state index in [4.69, 9.17) is 0 Å². The van der Waals surface area contributed by atoms with Crippen molar-refractivity contribution in [1.29, 1.82) is 0 Å². The van der Waals surface area contributed by atoms with Crippen LogP contribution >= 0.6 is 0 Å². The molecule has 4 rings (SSSR count). The fraction of sp³-hybridized carbons (Fsp3) is 0.583. The predicted molar refractivity (Wildman–Crippen MR) is 141 cm³/mol. The summed E-state index contributed by atoms with van der Waals surface area (Å²) in [5.41, 5.74) is 0.570. The first-order valence-corrected chi connectivity index (χ1v) is 15.4. The number of rotatable bonds is 4. The molecule has 1 aromatic carbocycles. The van der Waals surface area contributed by atoms with Gasteiger partial charge in [0, 0.05) is 17.6 Å². The monoisotopic (exact) mass is 540 g/mol. The van der Waals surface area contributed by atoms with E-state index in [-0.39, 0.29) is 45.4 Å². The normalized spacial score (nSPS) is 23.1. The summed E-state index contributed by atoms with van der Waals surface area (Å²) < 4.78 is 54.1. The van der Waals surface area contributed by atoms with Gasteiger partial charge >= 0.3 is 0 Å². The average molecular weight is 541 g/mol. The number of nitrogens with one attached hydrogen (secondary N) is 3. The molecule has 0 bridgehead atoms. The molecule has 2 heterocycles. The molecule has 0 spiro atoms. The average Bonchev–Trinajstić information content (AvgIpc) is 2.72. The zero-order valence-corrected chi connectivity index (χ0v) is 23.0. The number of aliphatic hydroxyl groups excluding tert-OH is 1. The lowest BCUT2D eigenvalue weighted by Gasteiger charge is -2.36. The van der Waals surface area contributed by atoms with Crippen molar-refractivity contribution in [1.82, 2.24) is 5.32 Å². The third-order valence-corrected chi connectivity index (χ3v) is 8.10. The number of benzene rings is 1. The molecule has 1 aromatic rings. The van der Waals surface area contributed by atoms with E-state index >= 15 is 0 Å². The Morgan fingerprint density at radius 2 is 1.86 bits per heavy atom. The first-order chi connectivity index (χ1) is 16.6. The smallest absolute Gasteiger partial charge is 0.286 e. The minimum atomic E-state index is -4.23. The van der Waals surface area contributed by atoms with Crippen LogP contribution in [0.15, 0.2) is 38.8 Å². The molecule has 1 amide bonds. The molecule has 1 fully saturated rings. The molecule has 0 saturated heterocycles. The lowest BCUT2D eigenvalue weighted by atomic mass is 9.79. The van der Waals surface area contributed by atoms with Gasteiger partial charge in [0.25, 0.3) is 15.9 Å². The highest BCUT2D eigenvalue weighted by Crippen LogP contribution is 2.36. The second kappa shape index (κ2) is 10.4. The first kappa shape index (κ1) is 28.0. The first-order valence-electron chi connectivity index (χ1n) is 12.1. The van der Waals surface area contributed by atoms with Gasteiger partial charge in [-0.1, -0.05) is 47.0 Å². The number of aliphatic hydroxyl groups is 1. The lowest BCUT2D eigenvalue weighted by molar-refractivity contribution is -0.119. The number of carbonyl (C=O) groups excluding carboxylic acids is 1. The third-order valence-electron chi connectivity index (χ3n) is 6.18. The van der Waals surface area contributed by atoms with Gasteiger partial charge in [-0.2, -0.15) is 8.42 Å². The van der Waals surface area contributed by atoms with Gasteiger partial charge in [-0.15, -0.1) is 4.40 Å². The Labute approximate surface area is 213 Å². The van der Waals surface area contributed by atoms with Gasteiger partial charge in [0.05, 0.1) is 11.9 Å². The highest BCUT2D eigenvalue weighted by Gasteiger charge is 2.41. The molecular formula is C24H36N4O6S2. The van der Waals surface area contributed by atoms with Crippen molar-refractivity contribution in [3.8, 4) is 0 Å². The van der Waals surface area contributed by atoms with Crippen LogP contribution in [0.1, 0.15) is 66.2 Å². The number of hydrogen-bond donors (Lipinski definition) is 4. The second-order valence-corrected chi connectivity index (χ2v) is 14.0.